The van der Waals surface area contributed by atoms with Gasteiger partial charge in [-0.2, -0.15) is 0 Å². The summed E-state index contributed by atoms with van der Waals surface area (Å²) in [5, 5.41) is 11.5. The number of nitrogens with zero attached hydrogens (tertiary/aromatic N) is 2. The lowest BCUT2D eigenvalue weighted by atomic mass is 10.0. The van der Waals surface area contributed by atoms with Gasteiger partial charge >= 0.3 is 5.97 Å². The summed E-state index contributed by atoms with van der Waals surface area (Å²) in [6, 6.07) is 4.90. The molecule has 1 aliphatic rings. The summed E-state index contributed by atoms with van der Waals surface area (Å²) in [5.74, 6) is -1.73. The van der Waals surface area contributed by atoms with Gasteiger partial charge < -0.3 is 9.64 Å². The van der Waals surface area contributed by atoms with Crippen LogP contribution in [-0.4, -0.2) is 36.4 Å². The number of carbonyl (C=O) groups excluding carboxylic acids is 2. The molecule has 1 aromatic rings. The van der Waals surface area contributed by atoms with Crippen LogP contribution in [0.15, 0.2) is 18.2 Å². The molecule has 0 spiro atoms. The number of piperidine rings is 1. The van der Waals surface area contributed by atoms with Crippen LogP contribution in [0.25, 0.3) is 0 Å². The van der Waals surface area contributed by atoms with Gasteiger partial charge in [-0.1, -0.05) is 12.1 Å². The van der Waals surface area contributed by atoms with E-state index in [1.54, 1.807) is 19.1 Å². The minimum atomic E-state index is -0.954. The van der Waals surface area contributed by atoms with Crippen LogP contribution in [0.1, 0.15) is 31.7 Å². The van der Waals surface area contributed by atoms with E-state index in [9.17, 15) is 19.7 Å². The van der Waals surface area contributed by atoms with Gasteiger partial charge in [-0.05, 0) is 32.3 Å². The molecule has 0 saturated carbocycles. The van der Waals surface area contributed by atoms with Gasteiger partial charge in [-0.15, -0.1) is 0 Å². The van der Waals surface area contributed by atoms with E-state index in [0.717, 1.165) is 32.4 Å². The van der Waals surface area contributed by atoms with Gasteiger partial charge in [0.2, 0.25) is 5.78 Å². The van der Waals surface area contributed by atoms with Crippen LogP contribution in [0.2, 0.25) is 0 Å². The quantitative estimate of drug-likeness (QED) is 0.346. The number of rotatable bonds is 6. The Morgan fingerprint density at radius 1 is 1.26 bits per heavy atom. The number of hydrogen-bond acceptors (Lipinski definition) is 6. The maximum absolute atomic E-state index is 11.9. The van der Waals surface area contributed by atoms with E-state index in [1.165, 1.54) is 6.07 Å². The molecular formula is C16H20N2O5. The number of Topliss-reactive ketones (excluding diaryl/α,β-unsaturated/α-hetero) is 1. The molecule has 0 N–H and O–H groups in total. The Hall–Kier alpha value is -2.44. The second-order valence-corrected chi connectivity index (χ2v) is 5.41. The number of hydrogen-bond donors (Lipinski definition) is 0. The zero-order chi connectivity index (χ0) is 16.8. The highest BCUT2D eigenvalue weighted by atomic mass is 16.6. The first-order valence-corrected chi connectivity index (χ1v) is 7.75. The summed E-state index contributed by atoms with van der Waals surface area (Å²) in [6.07, 6.45) is 2.77. The molecule has 0 bridgehead atoms. The topological polar surface area (TPSA) is 89.8 Å². The molecule has 7 heteroatoms. The number of nitro groups is 1. The lowest BCUT2D eigenvalue weighted by Gasteiger charge is -2.28. The van der Waals surface area contributed by atoms with Gasteiger partial charge in [0.15, 0.2) is 0 Å². The van der Waals surface area contributed by atoms with Crippen molar-refractivity contribution in [1.29, 1.82) is 0 Å². The number of esters is 1. The molecular weight excluding hydrogens is 300 g/mol. The monoisotopic (exact) mass is 320 g/mol. The number of nitro benzene ring substituents is 1. The molecule has 1 fully saturated rings. The third kappa shape index (κ3) is 4.06. The summed E-state index contributed by atoms with van der Waals surface area (Å²) < 4.78 is 4.65. The van der Waals surface area contributed by atoms with Crippen molar-refractivity contribution in [1.82, 2.24) is 0 Å². The van der Waals surface area contributed by atoms with Crippen molar-refractivity contribution in [3.05, 3.63) is 33.9 Å². The first-order valence-electron chi connectivity index (χ1n) is 7.75. The minimum absolute atomic E-state index is 0.0907. The predicted octanol–water partition coefficient (Wildman–Crippen LogP) is 2.26. The fourth-order valence-electron chi connectivity index (χ4n) is 2.78. The second kappa shape index (κ2) is 7.71. The van der Waals surface area contributed by atoms with Gasteiger partial charge in [-0.3, -0.25) is 14.9 Å². The molecule has 124 valence electrons. The van der Waals surface area contributed by atoms with Gasteiger partial charge in [0.25, 0.3) is 5.69 Å². The largest absolute Gasteiger partial charge is 0.460 e. The Morgan fingerprint density at radius 3 is 2.57 bits per heavy atom. The number of ketones is 1. The standard InChI is InChI=1S/C16H20N2O5/c1-2-23-16(20)14(19)11-12-7-6-8-13(15(12)18(21)22)17-9-4-3-5-10-17/h6-8H,2-5,9-11H2,1H3. The minimum Gasteiger partial charge on any atom is -0.460 e. The first kappa shape index (κ1) is 16.9. The molecule has 0 amide bonds. The molecule has 7 nitrogen and oxygen atoms in total. The van der Waals surface area contributed by atoms with Crippen molar-refractivity contribution in [2.75, 3.05) is 24.6 Å². The number of benzene rings is 1. The average Bonchev–Trinajstić information content (AvgIpc) is 2.55. The maximum Gasteiger partial charge on any atom is 0.374 e. The number of ether oxygens (including phenoxy) is 1. The first-order chi connectivity index (χ1) is 11.0. The molecule has 0 aromatic heterocycles. The van der Waals surface area contributed by atoms with Crippen molar-refractivity contribution < 1.29 is 19.2 Å². The van der Waals surface area contributed by atoms with E-state index in [2.05, 4.69) is 4.74 Å². The van der Waals surface area contributed by atoms with E-state index in [4.69, 9.17) is 0 Å². The number of carbonyl (C=O) groups is 2. The maximum atomic E-state index is 11.9. The molecule has 0 unspecified atom stereocenters. The molecule has 2 rings (SSSR count). The molecule has 1 aliphatic heterocycles. The molecule has 1 saturated heterocycles. The van der Waals surface area contributed by atoms with Crippen LogP contribution < -0.4 is 4.90 Å². The van der Waals surface area contributed by atoms with Crippen molar-refractivity contribution in [2.24, 2.45) is 0 Å². The highest BCUT2D eigenvalue weighted by molar-refractivity contribution is 6.34. The highest BCUT2D eigenvalue weighted by Gasteiger charge is 2.27. The third-order valence-corrected chi connectivity index (χ3v) is 3.83. The zero-order valence-corrected chi connectivity index (χ0v) is 13.1. The summed E-state index contributed by atoms with van der Waals surface area (Å²) in [4.78, 5) is 36.3. The van der Waals surface area contributed by atoms with Gasteiger partial charge in [-0.25, -0.2) is 4.79 Å². The van der Waals surface area contributed by atoms with Gasteiger partial charge in [0.05, 0.1) is 11.5 Å². The van der Waals surface area contributed by atoms with Crippen molar-refractivity contribution in [3.63, 3.8) is 0 Å². The van der Waals surface area contributed by atoms with Gasteiger partial charge in [0, 0.05) is 25.1 Å². The van der Waals surface area contributed by atoms with Crippen LogP contribution in [0, 0.1) is 10.1 Å². The predicted molar refractivity (Wildman–Crippen MR) is 84.5 cm³/mol. The highest BCUT2D eigenvalue weighted by Crippen LogP contribution is 2.33. The zero-order valence-electron chi connectivity index (χ0n) is 13.1. The second-order valence-electron chi connectivity index (χ2n) is 5.41. The molecule has 0 radical (unpaired) electrons. The normalized spacial score (nSPS) is 14.4. The Morgan fingerprint density at radius 2 is 1.96 bits per heavy atom. The fraction of sp³-hybridized carbons (Fsp3) is 0.500. The lowest BCUT2D eigenvalue weighted by Crippen LogP contribution is -2.30. The van der Waals surface area contributed by atoms with Crippen LogP contribution in [-0.2, 0) is 20.7 Å². The smallest absolute Gasteiger partial charge is 0.374 e. The van der Waals surface area contributed by atoms with Crippen LogP contribution >= 0.6 is 0 Å². The van der Waals surface area contributed by atoms with E-state index in [0.29, 0.717) is 5.69 Å². The summed E-state index contributed by atoms with van der Waals surface area (Å²) in [7, 11) is 0. The number of anilines is 1. The Balaban J connectivity index is 2.30. The molecule has 0 atom stereocenters. The van der Waals surface area contributed by atoms with Crippen LogP contribution in [0.4, 0.5) is 11.4 Å². The Kier molecular flexibility index (Phi) is 5.67. The SMILES string of the molecule is CCOC(=O)C(=O)Cc1cccc(N2CCCCC2)c1[N+](=O)[O-]. The van der Waals surface area contributed by atoms with Crippen LogP contribution in [0.5, 0.6) is 0 Å². The van der Waals surface area contributed by atoms with Crippen molar-refractivity contribution in [3.8, 4) is 0 Å². The molecule has 23 heavy (non-hydrogen) atoms. The third-order valence-electron chi connectivity index (χ3n) is 3.83. The summed E-state index contributed by atoms with van der Waals surface area (Å²) in [5.41, 5.74) is 0.673. The van der Waals surface area contributed by atoms with E-state index >= 15 is 0 Å². The average molecular weight is 320 g/mol. The Labute approximate surface area is 134 Å². The van der Waals surface area contributed by atoms with Crippen molar-refractivity contribution >= 4 is 23.1 Å². The lowest BCUT2D eigenvalue weighted by molar-refractivity contribution is -0.384. The molecule has 0 aliphatic carbocycles. The molecule has 1 aromatic carbocycles. The Bertz CT molecular complexity index is 608. The van der Waals surface area contributed by atoms with E-state index in [-0.39, 0.29) is 24.3 Å². The summed E-state index contributed by atoms with van der Waals surface area (Å²) in [6.45, 7) is 3.22. The van der Waals surface area contributed by atoms with Gasteiger partial charge in [0.1, 0.15) is 5.69 Å². The van der Waals surface area contributed by atoms with E-state index < -0.39 is 16.7 Å². The molecule has 1 heterocycles. The van der Waals surface area contributed by atoms with Crippen LogP contribution in [0.3, 0.4) is 0 Å². The van der Waals surface area contributed by atoms with Crippen molar-refractivity contribution in [2.45, 2.75) is 32.6 Å². The summed E-state index contributed by atoms with van der Waals surface area (Å²) >= 11 is 0. The fourth-order valence-corrected chi connectivity index (χ4v) is 2.78. The number of para-hydroxylation sites is 1. The van der Waals surface area contributed by atoms with E-state index in [1.807, 2.05) is 4.90 Å².